The van der Waals surface area contributed by atoms with Gasteiger partial charge in [0.15, 0.2) is 0 Å². The molecule has 2 aromatic carbocycles. The largest absolute Gasteiger partial charge is 0.497 e. The van der Waals surface area contributed by atoms with Crippen LogP contribution >= 0.6 is 15.9 Å². The predicted octanol–water partition coefficient (Wildman–Crippen LogP) is 3.81. The van der Waals surface area contributed by atoms with Crippen LogP contribution in [0.3, 0.4) is 0 Å². The topological polar surface area (TPSA) is 58.6 Å². The number of rotatable bonds is 6. The van der Waals surface area contributed by atoms with Gasteiger partial charge in [-0.25, -0.2) is 4.79 Å². The van der Waals surface area contributed by atoms with Crippen molar-refractivity contribution in [1.29, 1.82) is 0 Å². The van der Waals surface area contributed by atoms with Crippen LogP contribution in [0.1, 0.15) is 15.9 Å². The molecule has 0 heterocycles. The van der Waals surface area contributed by atoms with E-state index in [1.165, 1.54) is 0 Å². The van der Waals surface area contributed by atoms with Crippen molar-refractivity contribution >= 4 is 27.6 Å². The summed E-state index contributed by atoms with van der Waals surface area (Å²) in [6.45, 7) is 0.643. The summed E-state index contributed by atoms with van der Waals surface area (Å²) in [7, 11) is 1.64. The molecule has 2 N–H and O–H groups in total. The molecule has 4 nitrogen and oxygen atoms in total. The molecule has 0 fully saturated rings. The number of carbonyl (C=O) groups is 1. The van der Waals surface area contributed by atoms with Crippen molar-refractivity contribution in [2.45, 2.75) is 6.42 Å². The van der Waals surface area contributed by atoms with E-state index in [0.717, 1.165) is 22.2 Å². The second-order valence-corrected chi connectivity index (χ2v) is 5.44. The summed E-state index contributed by atoms with van der Waals surface area (Å²) >= 11 is 3.35. The van der Waals surface area contributed by atoms with E-state index < -0.39 is 5.97 Å². The van der Waals surface area contributed by atoms with Crippen molar-refractivity contribution in [3.8, 4) is 5.75 Å². The number of carboxylic acids is 1. The molecule has 0 atom stereocenters. The average molecular weight is 350 g/mol. The lowest BCUT2D eigenvalue weighted by atomic mass is 10.1. The lowest BCUT2D eigenvalue weighted by Crippen LogP contribution is -2.09. The Morgan fingerprint density at radius 2 is 2.10 bits per heavy atom. The monoisotopic (exact) mass is 349 g/mol. The third kappa shape index (κ3) is 4.23. The minimum absolute atomic E-state index is 0.267. The molecule has 0 aromatic heterocycles. The van der Waals surface area contributed by atoms with E-state index in [4.69, 9.17) is 9.84 Å². The number of hydrogen-bond donors (Lipinski definition) is 2. The van der Waals surface area contributed by atoms with Gasteiger partial charge in [-0.3, -0.25) is 0 Å². The van der Waals surface area contributed by atoms with Gasteiger partial charge < -0.3 is 15.2 Å². The van der Waals surface area contributed by atoms with Gasteiger partial charge in [0.25, 0.3) is 0 Å². The van der Waals surface area contributed by atoms with Gasteiger partial charge >= 0.3 is 5.97 Å². The van der Waals surface area contributed by atoms with E-state index in [-0.39, 0.29) is 5.56 Å². The Labute approximate surface area is 131 Å². The zero-order chi connectivity index (χ0) is 15.2. The Hall–Kier alpha value is -2.01. The molecular formula is C16H16BrNO3. The number of hydrogen-bond acceptors (Lipinski definition) is 3. The van der Waals surface area contributed by atoms with E-state index in [2.05, 4.69) is 21.2 Å². The fourth-order valence-corrected chi connectivity index (χ4v) is 2.38. The Morgan fingerprint density at radius 3 is 2.81 bits per heavy atom. The molecular weight excluding hydrogens is 334 g/mol. The lowest BCUT2D eigenvalue weighted by Gasteiger charge is -2.10. The van der Waals surface area contributed by atoms with Crippen molar-refractivity contribution in [3.63, 3.8) is 0 Å². The van der Waals surface area contributed by atoms with Gasteiger partial charge in [0.05, 0.1) is 12.7 Å². The van der Waals surface area contributed by atoms with E-state index >= 15 is 0 Å². The lowest BCUT2D eigenvalue weighted by molar-refractivity contribution is 0.0698. The molecule has 0 saturated heterocycles. The molecule has 0 aliphatic rings. The van der Waals surface area contributed by atoms with Crippen LogP contribution in [0.15, 0.2) is 46.9 Å². The molecule has 2 rings (SSSR count). The van der Waals surface area contributed by atoms with E-state index in [1.807, 2.05) is 24.3 Å². The fraction of sp³-hybridized carbons (Fsp3) is 0.188. The molecule has 0 bridgehead atoms. The average Bonchev–Trinajstić information content (AvgIpc) is 2.47. The normalized spacial score (nSPS) is 10.2. The maximum Gasteiger partial charge on any atom is 0.337 e. The smallest absolute Gasteiger partial charge is 0.337 e. The van der Waals surface area contributed by atoms with Gasteiger partial charge in [0.2, 0.25) is 0 Å². The fourth-order valence-electron chi connectivity index (χ4n) is 2.02. The third-order valence-electron chi connectivity index (χ3n) is 3.08. The first-order chi connectivity index (χ1) is 10.1. The summed E-state index contributed by atoms with van der Waals surface area (Å²) in [5, 5.41) is 12.3. The van der Waals surface area contributed by atoms with Crippen molar-refractivity contribution in [2.24, 2.45) is 0 Å². The predicted molar refractivity (Wildman–Crippen MR) is 86.3 cm³/mol. The minimum atomic E-state index is -0.939. The van der Waals surface area contributed by atoms with Crippen molar-refractivity contribution in [3.05, 3.63) is 58.1 Å². The number of carboxylic acid groups (broad SMARTS) is 1. The number of anilines is 1. The van der Waals surface area contributed by atoms with Gasteiger partial charge in [-0.2, -0.15) is 0 Å². The standard InChI is InChI=1S/C16H16BrNO3/c1-21-13-4-2-3-11(9-13)7-8-18-15-10-12(17)5-6-14(15)16(19)20/h2-6,9-10,18H,7-8H2,1H3,(H,19,20). The van der Waals surface area contributed by atoms with Crippen LogP contribution in [-0.4, -0.2) is 24.7 Å². The van der Waals surface area contributed by atoms with Gasteiger partial charge in [0, 0.05) is 16.7 Å². The molecule has 0 aliphatic heterocycles. The molecule has 21 heavy (non-hydrogen) atoms. The number of methoxy groups -OCH3 is 1. The second kappa shape index (κ2) is 7.13. The Balaban J connectivity index is 2.03. The van der Waals surface area contributed by atoms with Crippen LogP contribution in [0.4, 0.5) is 5.69 Å². The highest BCUT2D eigenvalue weighted by molar-refractivity contribution is 9.10. The highest BCUT2D eigenvalue weighted by atomic mass is 79.9. The molecule has 0 amide bonds. The van der Waals surface area contributed by atoms with Crippen LogP contribution < -0.4 is 10.1 Å². The van der Waals surface area contributed by atoms with Crippen LogP contribution in [0.5, 0.6) is 5.75 Å². The summed E-state index contributed by atoms with van der Waals surface area (Å²) in [4.78, 5) is 11.2. The SMILES string of the molecule is COc1cccc(CCNc2cc(Br)ccc2C(=O)O)c1. The molecule has 5 heteroatoms. The number of nitrogens with one attached hydrogen (secondary N) is 1. The summed E-state index contributed by atoms with van der Waals surface area (Å²) in [5.74, 6) is -0.118. The Bertz CT molecular complexity index is 643. The van der Waals surface area contributed by atoms with Gasteiger partial charge in [-0.05, 0) is 42.3 Å². The molecule has 0 unspecified atom stereocenters. The highest BCUT2D eigenvalue weighted by Crippen LogP contribution is 2.22. The zero-order valence-electron chi connectivity index (χ0n) is 11.6. The van der Waals surface area contributed by atoms with Crippen LogP contribution in [0.25, 0.3) is 0 Å². The maximum atomic E-state index is 11.2. The summed E-state index contributed by atoms with van der Waals surface area (Å²) < 4.78 is 6.03. The highest BCUT2D eigenvalue weighted by Gasteiger charge is 2.09. The molecule has 0 spiro atoms. The third-order valence-corrected chi connectivity index (χ3v) is 3.57. The zero-order valence-corrected chi connectivity index (χ0v) is 13.2. The number of ether oxygens (including phenoxy) is 1. The maximum absolute atomic E-state index is 11.2. The number of aromatic carboxylic acids is 1. The minimum Gasteiger partial charge on any atom is -0.497 e. The van der Waals surface area contributed by atoms with Crippen molar-refractivity contribution in [1.82, 2.24) is 0 Å². The molecule has 2 aromatic rings. The van der Waals surface area contributed by atoms with Gasteiger partial charge in [-0.15, -0.1) is 0 Å². The molecule has 0 radical (unpaired) electrons. The van der Waals surface area contributed by atoms with E-state index in [1.54, 1.807) is 25.3 Å². The molecule has 0 aliphatic carbocycles. The Morgan fingerprint density at radius 1 is 1.29 bits per heavy atom. The number of halogens is 1. The van der Waals surface area contributed by atoms with Gasteiger partial charge in [-0.1, -0.05) is 28.1 Å². The molecule has 110 valence electrons. The summed E-state index contributed by atoms with van der Waals surface area (Å²) in [5.41, 5.74) is 2.01. The first-order valence-corrected chi connectivity index (χ1v) is 7.29. The number of benzene rings is 2. The van der Waals surface area contributed by atoms with Crippen LogP contribution in [0.2, 0.25) is 0 Å². The van der Waals surface area contributed by atoms with Gasteiger partial charge in [0.1, 0.15) is 5.75 Å². The van der Waals surface area contributed by atoms with Crippen molar-refractivity contribution < 1.29 is 14.6 Å². The quantitative estimate of drug-likeness (QED) is 0.832. The van der Waals surface area contributed by atoms with E-state index in [9.17, 15) is 4.79 Å². The van der Waals surface area contributed by atoms with Crippen molar-refractivity contribution in [2.75, 3.05) is 19.0 Å². The molecule has 0 saturated carbocycles. The van der Waals surface area contributed by atoms with Crippen LogP contribution in [-0.2, 0) is 6.42 Å². The van der Waals surface area contributed by atoms with Crippen LogP contribution in [0, 0.1) is 0 Å². The first kappa shape index (κ1) is 15.4. The van der Waals surface area contributed by atoms with E-state index in [0.29, 0.717) is 12.2 Å². The summed E-state index contributed by atoms with van der Waals surface area (Å²) in [6, 6.07) is 12.9. The Kier molecular flexibility index (Phi) is 5.22. The second-order valence-electron chi connectivity index (χ2n) is 4.52. The first-order valence-electron chi connectivity index (χ1n) is 6.50. The summed E-state index contributed by atoms with van der Waals surface area (Å²) in [6.07, 6.45) is 0.781.